The van der Waals surface area contributed by atoms with Gasteiger partial charge in [0.15, 0.2) is 5.16 Å². The van der Waals surface area contributed by atoms with E-state index in [1.165, 1.54) is 17.8 Å². The van der Waals surface area contributed by atoms with E-state index in [1.807, 2.05) is 24.3 Å². The van der Waals surface area contributed by atoms with Crippen molar-refractivity contribution in [2.24, 2.45) is 0 Å². The van der Waals surface area contributed by atoms with Gasteiger partial charge in [0, 0.05) is 11.0 Å². The molecule has 0 aliphatic rings. The van der Waals surface area contributed by atoms with Gasteiger partial charge in [-0.15, -0.1) is 0 Å². The first-order valence-electron chi connectivity index (χ1n) is 6.11. The van der Waals surface area contributed by atoms with Gasteiger partial charge in [-0.1, -0.05) is 17.8 Å². The van der Waals surface area contributed by atoms with Crippen LogP contribution < -0.4 is 4.74 Å². The quantitative estimate of drug-likeness (QED) is 0.800. The Hall–Kier alpha value is -2.52. The molecule has 4 nitrogen and oxygen atoms in total. The topological polar surface area (TPSA) is 61.7 Å². The Balaban J connectivity index is 1.99. The van der Waals surface area contributed by atoms with Crippen molar-refractivity contribution in [3.8, 4) is 11.8 Å². The number of rotatable bonds is 3. The summed E-state index contributed by atoms with van der Waals surface area (Å²) < 4.78 is 18.7. The molecule has 0 atom stereocenters. The summed E-state index contributed by atoms with van der Waals surface area (Å²) in [6.07, 6.45) is 0. The van der Waals surface area contributed by atoms with Gasteiger partial charge in [-0.3, -0.25) is 0 Å². The third-order valence-electron chi connectivity index (χ3n) is 2.96. The average molecular weight is 299 g/mol. The summed E-state index contributed by atoms with van der Waals surface area (Å²) in [7, 11) is 1.60. The molecule has 0 fully saturated rings. The summed E-state index contributed by atoms with van der Waals surface area (Å²) >= 11 is 1.22. The summed E-state index contributed by atoms with van der Waals surface area (Å²) in [5, 5.41) is 9.63. The predicted octanol–water partition coefficient (Wildman–Crippen LogP) is 3.73. The molecule has 1 N–H and O–H groups in total. The van der Waals surface area contributed by atoms with Crippen molar-refractivity contribution in [1.29, 1.82) is 5.26 Å². The van der Waals surface area contributed by atoms with E-state index in [4.69, 9.17) is 10.00 Å². The molecule has 3 aromatic rings. The highest BCUT2D eigenvalue weighted by molar-refractivity contribution is 7.99. The summed E-state index contributed by atoms with van der Waals surface area (Å²) in [6, 6.07) is 11.9. The molecular weight excluding hydrogens is 289 g/mol. The van der Waals surface area contributed by atoms with Crippen LogP contribution >= 0.6 is 11.8 Å². The molecule has 0 amide bonds. The first kappa shape index (κ1) is 13.5. The minimum Gasteiger partial charge on any atom is -0.497 e. The van der Waals surface area contributed by atoms with Crippen LogP contribution in [0.2, 0.25) is 0 Å². The van der Waals surface area contributed by atoms with E-state index in [0.717, 1.165) is 16.8 Å². The van der Waals surface area contributed by atoms with E-state index in [9.17, 15) is 4.39 Å². The number of halogens is 1. The van der Waals surface area contributed by atoms with Crippen molar-refractivity contribution in [1.82, 2.24) is 9.97 Å². The number of hydrogen-bond donors (Lipinski definition) is 1. The molecule has 21 heavy (non-hydrogen) atoms. The smallest absolute Gasteiger partial charge is 0.171 e. The Morgan fingerprint density at radius 1 is 1.33 bits per heavy atom. The molecule has 2 aromatic carbocycles. The molecule has 0 saturated carbocycles. The average Bonchev–Trinajstić information content (AvgIpc) is 2.88. The number of H-pyrrole nitrogens is 1. The zero-order chi connectivity index (χ0) is 14.8. The summed E-state index contributed by atoms with van der Waals surface area (Å²) in [5.74, 6) is 0.200. The van der Waals surface area contributed by atoms with Crippen LogP contribution in [0.1, 0.15) is 5.56 Å². The monoisotopic (exact) mass is 299 g/mol. The van der Waals surface area contributed by atoms with Crippen molar-refractivity contribution >= 4 is 22.8 Å². The Kier molecular flexibility index (Phi) is 3.50. The molecule has 0 unspecified atom stereocenters. The van der Waals surface area contributed by atoms with Crippen LogP contribution in [0.15, 0.2) is 46.5 Å². The van der Waals surface area contributed by atoms with Gasteiger partial charge >= 0.3 is 0 Å². The fourth-order valence-electron chi connectivity index (χ4n) is 1.94. The standard InChI is InChI=1S/C15H10FN3OS/c1-20-9-5-6-12-13(7-9)19-15(18-12)21-14-4-2-3-11(16)10(14)8-17/h2-7H,1H3,(H,18,19). The van der Waals surface area contributed by atoms with Crippen LogP contribution in [-0.2, 0) is 0 Å². The van der Waals surface area contributed by atoms with Crippen molar-refractivity contribution < 1.29 is 9.13 Å². The molecule has 1 aromatic heterocycles. The molecule has 0 bridgehead atoms. The second-order valence-electron chi connectivity index (χ2n) is 4.25. The highest BCUT2D eigenvalue weighted by Crippen LogP contribution is 2.31. The number of fused-ring (bicyclic) bond motifs is 1. The molecule has 0 aliphatic carbocycles. The van der Waals surface area contributed by atoms with Crippen LogP contribution in [0.5, 0.6) is 5.75 Å². The highest BCUT2D eigenvalue weighted by atomic mass is 32.2. The molecule has 0 aliphatic heterocycles. The van der Waals surface area contributed by atoms with Crippen LogP contribution in [0.4, 0.5) is 4.39 Å². The molecule has 6 heteroatoms. The van der Waals surface area contributed by atoms with Gasteiger partial charge in [0.05, 0.1) is 18.1 Å². The number of nitrogens with one attached hydrogen (secondary N) is 1. The number of hydrogen-bond acceptors (Lipinski definition) is 4. The molecule has 0 spiro atoms. The third kappa shape index (κ3) is 2.56. The first-order valence-corrected chi connectivity index (χ1v) is 6.93. The van der Waals surface area contributed by atoms with Crippen LogP contribution in [0, 0.1) is 17.1 Å². The van der Waals surface area contributed by atoms with Crippen molar-refractivity contribution in [2.45, 2.75) is 10.1 Å². The number of nitrogens with zero attached hydrogens (tertiary/aromatic N) is 2. The summed E-state index contributed by atoms with van der Waals surface area (Å²) in [6.45, 7) is 0. The maximum atomic E-state index is 13.6. The van der Waals surface area contributed by atoms with Gasteiger partial charge in [0.1, 0.15) is 23.2 Å². The van der Waals surface area contributed by atoms with Crippen molar-refractivity contribution in [3.63, 3.8) is 0 Å². The normalized spacial score (nSPS) is 10.5. The largest absolute Gasteiger partial charge is 0.497 e. The Bertz CT molecular complexity index is 854. The number of ether oxygens (including phenoxy) is 1. The van der Waals surface area contributed by atoms with Gasteiger partial charge < -0.3 is 9.72 Å². The maximum absolute atomic E-state index is 13.6. The van der Waals surface area contributed by atoms with E-state index in [-0.39, 0.29) is 5.56 Å². The number of nitriles is 1. The number of benzene rings is 2. The lowest BCUT2D eigenvalue weighted by molar-refractivity contribution is 0.415. The highest BCUT2D eigenvalue weighted by Gasteiger charge is 2.12. The lowest BCUT2D eigenvalue weighted by Gasteiger charge is -2.01. The predicted molar refractivity (Wildman–Crippen MR) is 77.9 cm³/mol. The van der Waals surface area contributed by atoms with Crippen molar-refractivity contribution in [2.75, 3.05) is 7.11 Å². The van der Waals surface area contributed by atoms with Gasteiger partial charge in [0.2, 0.25) is 0 Å². The first-order chi connectivity index (χ1) is 10.2. The second kappa shape index (κ2) is 5.46. The van der Waals surface area contributed by atoms with Gasteiger partial charge in [-0.05, 0) is 24.3 Å². The van der Waals surface area contributed by atoms with E-state index < -0.39 is 5.82 Å². The zero-order valence-electron chi connectivity index (χ0n) is 11.1. The number of methoxy groups -OCH3 is 1. The maximum Gasteiger partial charge on any atom is 0.171 e. The molecular formula is C15H10FN3OS. The third-order valence-corrected chi connectivity index (χ3v) is 3.91. The van der Waals surface area contributed by atoms with E-state index >= 15 is 0 Å². The van der Waals surface area contributed by atoms with E-state index in [1.54, 1.807) is 19.2 Å². The lowest BCUT2D eigenvalue weighted by atomic mass is 10.2. The number of aromatic nitrogens is 2. The number of aromatic amines is 1. The van der Waals surface area contributed by atoms with Crippen LogP contribution in [-0.4, -0.2) is 17.1 Å². The van der Waals surface area contributed by atoms with Crippen LogP contribution in [0.25, 0.3) is 11.0 Å². The lowest BCUT2D eigenvalue weighted by Crippen LogP contribution is -1.87. The molecule has 104 valence electrons. The van der Waals surface area contributed by atoms with Gasteiger partial charge in [-0.25, -0.2) is 9.37 Å². The fraction of sp³-hybridized carbons (Fsp3) is 0.0667. The second-order valence-corrected chi connectivity index (χ2v) is 5.28. The minimum absolute atomic E-state index is 0.0283. The van der Waals surface area contributed by atoms with Crippen LogP contribution in [0.3, 0.4) is 0 Å². The summed E-state index contributed by atoms with van der Waals surface area (Å²) in [4.78, 5) is 8.07. The molecule has 1 heterocycles. The molecule has 0 saturated heterocycles. The van der Waals surface area contributed by atoms with Crippen molar-refractivity contribution in [3.05, 3.63) is 47.8 Å². The minimum atomic E-state index is -0.528. The SMILES string of the molecule is COc1ccc2nc(Sc3cccc(F)c3C#N)[nH]c2c1. The number of imidazole rings is 1. The molecule has 3 rings (SSSR count). The fourth-order valence-corrected chi connectivity index (χ4v) is 2.85. The Labute approximate surface area is 124 Å². The molecule has 0 radical (unpaired) electrons. The van der Waals surface area contributed by atoms with E-state index in [0.29, 0.717) is 10.1 Å². The Morgan fingerprint density at radius 3 is 2.95 bits per heavy atom. The Morgan fingerprint density at radius 2 is 2.19 bits per heavy atom. The van der Waals surface area contributed by atoms with Gasteiger partial charge in [-0.2, -0.15) is 5.26 Å². The van der Waals surface area contributed by atoms with Gasteiger partial charge in [0.25, 0.3) is 0 Å². The summed E-state index contributed by atoms with van der Waals surface area (Å²) in [5.41, 5.74) is 1.64. The van der Waals surface area contributed by atoms with E-state index in [2.05, 4.69) is 9.97 Å². The zero-order valence-corrected chi connectivity index (χ0v) is 11.9.